The van der Waals surface area contributed by atoms with Gasteiger partial charge < -0.3 is 20.1 Å². The fourth-order valence-electron chi connectivity index (χ4n) is 6.28. The number of halogens is 5. The first kappa shape index (κ1) is 31.8. The number of aryl methyl sites for hydroxylation is 1. The van der Waals surface area contributed by atoms with Crippen LogP contribution < -0.4 is 5.32 Å². The van der Waals surface area contributed by atoms with Crippen molar-refractivity contribution in [3.63, 3.8) is 0 Å². The van der Waals surface area contributed by atoms with Gasteiger partial charge in [-0.15, -0.1) is 0 Å². The van der Waals surface area contributed by atoms with E-state index in [0.717, 1.165) is 6.07 Å². The summed E-state index contributed by atoms with van der Waals surface area (Å²) in [6.45, 7) is 0.741. The van der Waals surface area contributed by atoms with Gasteiger partial charge in [-0.3, -0.25) is 14.3 Å². The highest BCUT2D eigenvalue weighted by Crippen LogP contribution is 2.44. The molecule has 4 aromatic rings. The minimum absolute atomic E-state index is 0.00571. The Bertz CT molecular complexity index is 1840. The molecule has 0 spiro atoms. The molecule has 0 aliphatic carbocycles. The number of aromatic amines is 1. The Morgan fingerprint density at radius 3 is 2.65 bits per heavy atom. The summed E-state index contributed by atoms with van der Waals surface area (Å²) in [5, 5.41) is 7.06. The minimum atomic E-state index is -3.17. The van der Waals surface area contributed by atoms with Gasteiger partial charge in [0.05, 0.1) is 18.0 Å². The smallest absolute Gasteiger partial charge is 0.269 e. The van der Waals surface area contributed by atoms with E-state index in [2.05, 4.69) is 15.4 Å². The first-order chi connectivity index (χ1) is 21.9. The van der Waals surface area contributed by atoms with Crippen molar-refractivity contribution in [3.8, 4) is 11.1 Å². The first-order valence-electron chi connectivity index (χ1n) is 15.0. The van der Waals surface area contributed by atoms with E-state index in [-0.39, 0.29) is 63.6 Å². The molecule has 6 rings (SSSR count). The normalized spacial score (nSPS) is 18.1. The van der Waals surface area contributed by atoms with Crippen LogP contribution in [0.2, 0.25) is 5.02 Å². The van der Waals surface area contributed by atoms with E-state index in [1.165, 1.54) is 23.1 Å². The summed E-state index contributed by atoms with van der Waals surface area (Å²) in [5.41, 5.74) is 1.10. The van der Waals surface area contributed by atoms with Gasteiger partial charge in [0.2, 0.25) is 5.91 Å². The molecule has 2 amide bonds. The Hall–Kier alpha value is -4.16. The number of carbonyl (C=O) groups excluding carboxylic acids is 2. The number of nitrogens with zero attached hydrogens (tertiary/aromatic N) is 4. The van der Waals surface area contributed by atoms with Gasteiger partial charge in [-0.1, -0.05) is 17.7 Å². The topological polar surface area (TPSA) is 86.3 Å². The zero-order valence-electron chi connectivity index (χ0n) is 25.3. The van der Waals surface area contributed by atoms with Crippen molar-refractivity contribution in [1.82, 2.24) is 29.9 Å². The van der Waals surface area contributed by atoms with Crippen molar-refractivity contribution in [2.45, 2.75) is 37.6 Å². The Labute approximate surface area is 268 Å². The van der Waals surface area contributed by atoms with Crippen molar-refractivity contribution < 1.29 is 27.2 Å². The van der Waals surface area contributed by atoms with Gasteiger partial charge in [-0.05, 0) is 66.4 Å². The molecule has 13 heteroatoms. The molecule has 8 nitrogen and oxygen atoms in total. The van der Waals surface area contributed by atoms with Crippen molar-refractivity contribution >= 4 is 39.9 Å². The third-order valence-electron chi connectivity index (χ3n) is 8.68. The molecule has 0 saturated carbocycles. The van der Waals surface area contributed by atoms with Gasteiger partial charge in [0.15, 0.2) is 5.82 Å². The number of alkyl halides is 2. The number of nitrogens with one attached hydrogen (secondary N) is 2. The number of benzene rings is 2. The lowest BCUT2D eigenvalue weighted by Crippen LogP contribution is -2.44. The van der Waals surface area contributed by atoms with E-state index >= 15 is 8.78 Å². The molecule has 0 bridgehead atoms. The van der Waals surface area contributed by atoms with Gasteiger partial charge in [-0.2, -0.15) is 5.10 Å². The van der Waals surface area contributed by atoms with E-state index in [1.807, 2.05) is 6.08 Å². The van der Waals surface area contributed by atoms with Crippen LogP contribution in [0.15, 0.2) is 48.8 Å². The fourth-order valence-corrected chi connectivity index (χ4v) is 6.55. The maximum atomic E-state index is 16.4. The molecule has 242 valence electrons. The van der Waals surface area contributed by atoms with Gasteiger partial charge in [-0.25, -0.2) is 17.6 Å². The van der Waals surface area contributed by atoms with Crippen molar-refractivity contribution in [1.29, 1.82) is 0 Å². The van der Waals surface area contributed by atoms with Gasteiger partial charge in [0, 0.05) is 74.1 Å². The number of hydrogen-bond donors (Lipinski definition) is 2. The second-order valence-corrected chi connectivity index (χ2v) is 12.3. The Balaban J connectivity index is 1.42. The van der Waals surface area contributed by atoms with Crippen LogP contribution in [0.5, 0.6) is 0 Å². The minimum Gasteiger partial charge on any atom is -0.348 e. The monoisotopic (exact) mass is 656 g/mol. The number of rotatable bonds is 7. The number of aromatic nitrogens is 3. The molecule has 0 unspecified atom stereocenters. The number of hydrogen-bond acceptors (Lipinski definition) is 4. The summed E-state index contributed by atoms with van der Waals surface area (Å²) >= 11 is 6.71. The second kappa shape index (κ2) is 12.6. The van der Waals surface area contributed by atoms with Crippen LogP contribution in [0.3, 0.4) is 0 Å². The molecule has 1 atom stereocenters. The molecule has 46 heavy (non-hydrogen) atoms. The Morgan fingerprint density at radius 2 is 1.93 bits per heavy atom. The highest BCUT2D eigenvalue weighted by molar-refractivity contribution is 6.34. The molecule has 2 aliphatic rings. The van der Waals surface area contributed by atoms with E-state index in [1.54, 1.807) is 42.1 Å². The van der Waals surface area contributed by atoms with Gasteiger partial charge >= 0.3 is 0 Å². The molecule has 2 N–H and O–H groups in total. The number of H-pyrrole nitrogens is 1. The van der Waals surface area contributed by atoms with Crippen LogP contribution in [0, 0.1) is 11.6 Å². The molecule has 2 aliphatic heterocycles. The molecule has 2 aromatic carbocycles. The maximum Gasteiger partial charge on any atom is 0.269 e. The van der Waals surface area contributed by atoms with Gasteiger partial charge in [0.25, 0.3) is 11.8 Å². The second-order valence-electron chi connectivity index (χ2n) is 11.9. The van der Waals surface area contributed by atoms with Crippen LogP contribution in [-0.2, 0) is 11.3 Å². The van der Waals surface area contributed by atoms with Crippen molar-refractivity contribution in [2.75, 3.05) is 40.3 Å². The Morgan fingerprint density at radius 1 is 1.13 bits per heavy atom. The summed E-state index contributed by atoms with van der Waals surface area (Å²) in [5.74, 6) is -6.54. The molecule has 1 fully saturated rings. The van der Waals surface area contributed by atoms with Crippen LogP contribution in [0.25, 0.3) is 27.6 Å². The zero-order valence-corrected chi connectivity index (χ0v) is 26.1. The lowest BCUT2D eigenvalue weighted by Gasteiger charge is -2.32. The van der Waals surface area contributed by atoms with E-state index in [0.29, 0.717) is 37.2 Å². The van der Waals surface area contributed by atoms with Gasteiger partial charge in [0.1, 0.15) is 11.5 Å². The number of carbonyl (C=O) groups is 2. The third-order valence-corrected chi connectivity index (χ3v) is 9.00. The van der Waals surface area contributed by atoms with Crippen LogP contribution in [0.4, 0.5) is 17.6 Å². The summed E-state index contributed by atoms with van der Waals surface area (Å²) < 4.78 is 63.3. The molecule has 4 heterocycles. The molecule has 1 saturated heterocycles. The molecular weight excluding hydrogens is 624 g/mol. The van der Waals surface area contributed by atoms with Crippen molar-refractivity contribution in [2.24, 2.45) is 0 Å². The highest BCUT2D eigenvalue weighted by Gasteiger charge is 2.44. The summed E-state index contributed by atoms with van der Waals surface area (Å²) in [6, 6.07) is 7.10. The average molecular weight is 657 g/mol. The summed E-state index contributed by atoms with van der Waals surface area (Å²) in [6.07, 6.45) is 5.99. The molecule has 0 radical (unpaired) electrons. The quantitative estimate of drug-likeness (QED) is 0.236. The summed E-state index contributed by atoms with van der Waals surface area (Å²) in [4.78, 5) is 31.8. The molecule has 2 aromatic heterocycles. The average Bonchev–Trinajstić information content (AvgIpc) is 3.72. The number of fused-ring (bicyclic) bond motifs is 1. The predicted molar refractivity (Wildman–Crippen MR) is 168 cm³/mol. The van der Waals surface area contributed by atoms with Crippen LogP contribution >= 0.6 is 11.6 Å². The van der Waals surface area contributed by atoms with Crippen molar-refractivity contribution in [3.05, 3.63) is 82.3 Å². The van der Waals surface area contributed by atoms with E-state index < -0.39 is 35.9 Å². The number of piperidine rings is 1. The standard InChI is InChI=1S/C33H33ClF4N6O2/c1-42(2)32(46)28-16-23-21(22-15-27(35)24(14-26(22)34)25-6-9-39-18-33(25,37)38)13-20(30(36)31(23)41-28)19-5-3-10-43(17-19)29(45)7-12-44-11-4-8-40-44/h4-5,8,11,13-16,25,39,41H,3,6-7,9-10,12,17-18H2,1-2H3/t25-/m1/s1. The predicted octanol–water partition coefficient (Wildman–Crippen LogP) is 6.08. The SMILES string of the molecule is CN(C)C(=O)c1cc2c(-c3cc(F)c([C@H]4CCNCC4(F)F)cc3Cl)cc(C3=CCCN(C(=O)CCn4cccn4)C3)c(F)c2[nH]1. The highest BCUT2D eigenvalue weighted by atomic mass is 35.5. The zero-order chi connectivity index (χ0) is 32.7. The third kappa shape index (κ3) is 6.03. The lowest BCUT2D eigenvalue weighted by atomic mass is 9.85. The Kier molecular flexibility index (Phi) is 8.68. The largest absolute Gasteiger partial charge is 0.348 e. The van der Waals surface area contributed by atoms with E-state index in [9.17, 15) is 18.4 Å². The summed E-state index contributed by atoms with van der Waals surface area (Å²) in [7, 11) is 3.12. The lowest BCUT2D eigenvalue weighted by molar-refractivity contribution is -0.131. The fraction of sp³-hybridized carbons (Fsp3) is 0.364. The molecular formula is C33H33ClF4N6O2. The van der Waals surface area contributed by atoms with Crippen LogP contribution in [0.1, 0.15) is 46.8 Å². The maximum absolute atomic E-state index is 16.4. The van der Waals surface area contributed by atoms with Crippen LogP contribution in [-0.4, -0.2) is 82.6 Å². The number of amides is 2. The first-order valence-corrected chi connectivity index (χ1v) is 15.4. The van der Waals surface area contributed by atoms with E-state index in [4.69, 9.17) is 11.6 Å².